The number of ketones is 2. The van der Waals surface area contributed by atoms with Crippen molar-refractivity contribution in [3.63, 3.8) is 0 Å². The van der Waals surface area contributed by atoms with Crippen molar-refractivity contribution >= 4 is 44.5 Å². The Balaban J connectivity index is 1.66. The summed E-state index contributed by atoms with van der Waals surface area (Å²) in [5.41, 5.74) is 1.58. The van der Waals surface area contributed by atoms with Crippen LogP contribution in [0.5, 0.6) is 0 Å². The third kappa shape index (κ3) is 2.21. The van der Waals surface area contributed by atoms with Crippen molar-refractivity contribution in [2.75, 3.05) is 0 Å². The van der Waals surface area contributed by atoms with Crippen LogP contribution in [-0.4, -0.2) is 31.7 Å². The van der Waals surface area contributed by atoms with Crippen molar-refractivity contribution in [1.29, 1.82) is 0 Å². The number of allylic oxidation sites excluding steroid dienone is 2. The molecule has 4 N–H and O–H groups in total. The van der Waals surface area contributed by atoms with Gasteiger partial charge in [0.2, 0.25) is 11.6 Å². The molecule has 2 heterocycles. The fourth-order valence-electron chi connectivity index (χ4n) is 3.59. The maximum absolute atomic E-state index is 12.8. The van der Waals surface area contributed by atoms with Gasteiger partial charge >= 0.3 is 0 Å². The van der Waals surface area contributed by atoms with Gasteiger partial charge < -0.3 is 20.2 Å². The molecule has 6 heteroatoms. The van der Waals surface area contributed by atoms with Crippen molar-refractivity contribution in [2.24, 2.45) is 0 Å². The summed E-state index contributed by atoms with van der Waals surface area (Å²) in [7, 11) is 0. The number of aromatic amines is 2. The van der Waals surface area contributed by atoms with Crippen LogP contribution in [0.3, 0.4) is 0 Å². The second kappa shape index (κ2) is 5.72. The summed E-state index contributed by atoms with van der Waals surface area (Å²) < 4.78 is 0. The predicted octanol–water partition coefficient (Wildman–Crippen LogP) is 4.04. The first-order chi connectivity index (χ1) is 13.5. The van der Waals surface area contributed by atoms with Crippen LogP contribution in [0.15, 0.2) is 72.2 Å². The molecule has 5 rings (SSSR count). The first-order valence-corrected chi connectivity index (χ1v) is 8.66. The van der Waals surface area contributed by atoms with E-state index in [0.717, 1.165) is 21.8 Å². The molecule has 1 aliphatic carbocycles. The molecule has 1 aliphatic rings. The summed E-state index contributed by atoms with van der Waals surface area (Å²) in [6.07, 6.45) is 0. The lowest BCUT2D eigenvalue weighted by molar-refractivity contribution is -0.116. The van der Waals surface area contributed by atoms with Crippen LogP contribution >= 0.6 is 0 Å². The molecular formula is C22H14N2O4. The van der Waals surface area contributed by atoms with E-state index in [1.54, 1.807) is 12.1 Å². The quantitative estimate of drug-likeness (QED) is 0.400. The minimum Gasteiger partial charge on any atom is -0.504 e. The standard InChI is InChI=1S/C22H14N2O4/c25-19-17(15-9-11-5-1-3-7-13(11)23-15)20(26)22(28)18(21(19)27)16-10-12-6-2-4-8-14(12)24-16/h1-10,23-25,28H. The van der Waals surface area contributed by atoms with E-state index < -0.39 is 23.1 Å². The number of carbonyl (C=O) groups is 2. The molecule has 28 heavy (non-hydrogen) atoms. The topological polar surface area (TPSA) is 106 Å². The van der Waals surface area contributed by atoms with E-state index in [0.29, 0.717) is 0 Å². The van der Waals surface area contributed by atoms with Crippen LogP contribution in [0.4, 0.5) is 0 Å². The molecule has 0 aliphatic heterocycles. The number of H-pyrrole nitrogens is 2. The normalized spacial score (nSPS) is 15.3. The van der Waals surface area contributed by atoms with Gasteiger partial charge in [-0.2, -0.15) is 0 Å². The van der Waals surface area contributed by atoms with Gasteiger partial charge in [0.05, 0.1) is 22.5 Å². The van der Waals surface area contributed by atoms with Gasteiger partial charge in [-0.15, -0.1) is 0 Å². The number of para-hydroxylation sites is 2. The van der Waals surface area contributed by atoms with Crippen LogP contribution in [-0.2, 0) is 9.59 Å². The number of hydrogen-bond donors (Lipinski definition) is 4. The van der Waals surface area contributed by atoms with Crippen LogP contribution in [0.25, 0.3) is 33.0 Å². The summed E-state index contributed by atoms with van der Waals surface area (Å²) >= 11 is 0. The van der Waals surface area contributed by atoms with Gasteiger partial charge in [-0.3, -0.25) is 9.59 Å². The zero-order valence-corrected chi connectivity index (χ0v) is 14.5. The lowest BCUT2D eigenvalue weighted by Crippen LogP contribution is -2.23. The van der Waals surface area contributed by atoms with Crippen LogP contribution in [0, 0.1) is 0 Å². The smallest absolute Gasteiger partial charge is 0.234 e. The molecule has 0 fully saturated rings. The van der Waals surface area contributed by atoms with Crippen molar-refractivity contribution in [1.82, 2.24) is 9.97 Å². The SMILES string of the molecule is O=C1C(O)=C(c2cc3ccccc3[nH]2)C(=O)C(O)=C1c1cc2ccccc2[nH]1. The highest BCUT2D eigenvalue weighted by Crippen LogP contribution is 2.35. The van der Waals surface area contributed by atoms with Crippen molar-refractivity contribution in [3.05, 3.63) is 83.6 Å². The third-order valence-electron chi connectivity index (χ3n) is 4.96. The molecule has 0 saturated carbocycles. The number of nitrogens with one attached hydrogen (secondary N) is 2. The number of rotatable bonds is 2. The summed E-state index contributed by atoms with van der Waals surface area (Å²) in [6, 6.07) is 18.0. The van der Waals surface area contributed by atoms with Gasteiger partial charge in [-0.25, -0.2) is 0 Å². The Morgan fingerprint density at radius 1 is 0.607 bits per heavy atom. The predicted molar refractivity (Wildman–Crippen MR) is 106 cm³/mol. The Bertz CT molecular complexity index is 1200. The first kappa shape index (κ1) is 16.1. The van der Waals surface area contributed by atoms with E-state index in [9.17, 15) is 19.8 Å². The molecule has 0 spiro atoms. The molecule has 2 aromatic carbocycles. The molecule has 136 valence electrons. The molecule has 0 saturated heterocycles. The number of aromatic nitrogens is 2. The fourth-order valence-corrected chi connectivity index (χ4v) is 3.59. The second-order valence-corrected chi connectivity index (χ2v) is 6.65. The lowest BCUT2D eigenvalue weighted by Gasteiger charge is -2.16. The number of carbonyl (C=O) groups excluding carboxylic acids is 2. The molecule has 0 bridgehead atoms. The maximum Gasteiger partial charge on any atom is 0.234 e. The highest BCUT2D eigenvalue weighted by atomic mass is 16.3. The Morgan fingerprint density at radius 3 is 1.39 bits per heavy atom. The minimum atomic E-state index is -0.808. The molecule has 0 unspecified atom stereocenters. The van der Waals surface area contributed by atoms with Gasteiger partial charge in [0.1, 0.15) is 0 Å². The Hall–Kier alpha value is -4.06. The fraction of sp³-hybridized carbons (Fsp3) is 0. The van der Waals surface area contributed by atoms with Crippen molar-refractivity contribution < 1.29 is 19.8 Å². The van der Waals surface area contributed by atoms with Crippen LogP contribution in [0.2, 0.25) is 0 Å². The highest BCUT2D eigenvalue weighted by Gasteiger charge is 2.37. The summed E-state index contributed by atoms with van der Waals surface area (Å²) in [4.78, 5) is 31.7. The molecule has 4 aromatic rings. The average Bonchev–Trinajstić information content (AvgIpc) is 3.30. The van der Waals surface area contributed by atoms with E-state index in [1.807, 2.05) is 48.5 Å². The van der Waals surface area contributed by atoms with E-state index in [4.69, 9.17) is 0 Å². The Kier molecular flexibility index (Phi) is 3.30. The minimum absolute atomic E-state index is 0.237. The highest BCUT2D eigenvalue weighted by molar-refractivity contribution is 6.46. The number of benzene rings is 2. The number of aliphatic hydroxyl groups is 2. The molecule has 0 atom stereocenters. The van der Waals surface area contributed by atoms with E-state index in [2.05, 4.69) is 9.97 Å². The van der Waals surface area contributed by atoms with Crippen molar-refractivity contribution in [3.8, 4) is 0 Å². The number of hydrogen-bond acceptors (Lipinski definition) is 4. The van der Waals surface area contributed by atoms with E-state index in [-0.39, 0.29) is 22.5 Å². The number of fused-ring (bicyclic) bond motifs is 2. The summed E-state index contributed by atoms with van der Waals surface area (Å²) in [5.74, 6) is -3.00. The van der Waals surface area contributed by atoms with Crippen LogP contribution < -0.4 is 0 Å². The van der Waals surface area contributed by atoms with Gasteiger partial charge in [-0.05, 0) is 24.3 Å². The zero-order chi connectivity index (χ0) is 19.4. The van der Waals surface area contributed by atoms with Crippen LogP contribution in [0.1, 0.15) is 11.4 Å². The maximum atomic E-state index is 12.8. The largest absolute Gasteiger partial charge is 0.504 e. The Morgan fingerprint density at radius 2 is 1.00 bits per heavy atom. The molecule has 0 radical (unpaired) electrons. The zero-order valence-electron chi connectivity index (χ0n) is 14.5. The Labute approximate surface area is 158 Å². The monoisotopic (exact) mass is 370 g/mol. The molecule has 0 amide bonds. The van der Waals surface area contributed by atoms with Gasteiger partial charge in [-0.1, -0.05) is 36.4 Å². The van der Waals surface area contributed by atoms with E-state index >= 15 is 0 Å². The summed E-state index contributed by atoms with van der Waals surface area (Å²) in [5, 5.41) is 22.7. The molecule has 6 nitrogen and oxygen atoms in total. The first-order valence-electron chi connectivity index (χ1n) is 8.66. The number of Topliss-reactive ketones (excluding diaryl/α,β-unsaturated/α-hetero) is 2. The summed E-state index contributed by atoms with van der Waals surface area (Å²) in [6.45, 7) is 0. The van der Waals surface area contributed by atoms with Gasteiger partial charge in [0.15, 0.2) is 11.5 Å². The third-order valence-corrected chi connectivity index (χ3v) is 4.96. The molecular weight excluding hydrogens is 356 g/mol. The average molecular weight is 370 g/mol. The van der Waals surface area contributed by atoms with Gasteiger partial charge in [0.25, 0.3) is 0 Å². The molecule has 2 aromatic heterocycles. The number of aliphatic hydroxyl groups excluding tert-OH is 2. The lowest BCUT2D eigenvalue weighted by atomic mass is 9.90. The van der Waals surface area contributed by atoms with E-state index in [1.165, 1.54) is 0 Å². The second-order valence-electron chi connectivity index (χ2n) is 6.65. The van der Waals surface area contributed by atoms with Crippen molar-refractivity contribution in [2.45, 2.75) is 0 Å². The van der Waals surface area contributed by atoms with Gasteiger partial charge in [0, 0.05) is 21.8 Å².